The second-order valence-corrected chi connectivity index (χ2v) is 10.2. The predicted octanol–water partition coefficient (Wildman–Crippen LogP) is 2.50. The molecule has 2 aromatic rings. The van der Waals surface area contributed by atoms with Crippen LogP contribution in [0.3, 0.4) is 0 Å². The number of fused-ring (bicyclic) bond motifs is 1. The summed E-state index contributed by atoms with van der Waals surface area (Å²) in [4.78, 5) is 42.8. The number of aliphatic carboxylic acids is 1. The van der Waals surface area contributed by atoms with Gasteiger partial charge in [0.1, 0.15) is 17.2 Å². The van der Waals surface area contributed by atoms with Crippen LogP contribution in [0.1, 0.15) is 29.9 Å². The molecule has 1 saturated heterocycles. The Balaban J connectivity index is 1.42. The first-order chi connectivity index (χ1) is 15.7. The van der Waals surface area contributed by atoms with Crippen molar-refractivity contribution in [3.8, 4) is 0 Å². The van der Waals surface area contributed by atoms with Gasteiger partial charge in [-0.05, 0) is 31.0 Å². The number of halogens is 1. The van der Waals surface area contributed by atoms with Gasteiger partial charge in [0.2, 0.25) is 5.91 Å². The summed E-state index contributed by atoms with van der Waals surface area (Å²) >= 11 is 2.35. The van der Waals surface area contributed by atoms with E-state index < -0.39 is 29.9 Å². The summed E-state index contributed by atoms with van der Waals surface area (Å²) in [5, 5.41) is 24.0. The van der Waals surface area contributed by atoms with E-state index in [9.17, 15) is 29.0 Å². The van der Waals surface area contributed by atoms with E-state index >= 15 is 0 Å². The van der Waals surface area contributed by atoms with Crippen LogP contribution >= 0.6 is 23.1 Å². The van der Waals surface area contributed by atoms with Gasteiger partial charge in [-0.3, -0.25) is 9.59 Å². The number of benzene rings is 1. The molecule has 0 bridgehead atoms. The quantitative estimate of drug-likeness (QED) is 0.486. The van der Waals surface area contributed by atoms with Gasteiger partial charge in [-0.15, -0.1) is 11.3 Å². The van der Waals surface area contributed by atoms with E-state index in [1.54, 1.807) is 17.5 Å². The molecule has 4 rings (SSSR count). The Bertz CT molecular complexity index is 1130. The van der Waals surface area contributed by atoms with E-state index in [2.05, 4.69) is 10.3 Å². The number of carbonyl (C=O) groups excluding carboxylic acids is 2. The second kappa shape index (κ2) is 9.24. The summed E-state index contributed by atoms with van der Waals surface area (Å²) in [5.74, 6) is -3.19. The number of nitrogens with zero attached hydrogens (tertiary/aromatic N) is 2. The molecule has 0 unspecified atom stereocenters. The normalized spacial score (nSPS) is 22.7. The lowest BCUT2D eigenvalue weighted by molar-refractivity contribution is -0.163. The number of aromatic nitrogens is 1. The van der Waals surface area contributed by atoms with Crippen LogP contribution in [0.15, 0.2) is 44.6 Å². The molecule has 8 nitrogen and oxygen atoms in total. The highest BCUT2D eigenvalue weighted by Crippen LogP contribution is 2.52. The van der Waals surface area contributed by atoms with Crippen LogP contribution in [0.2, 0.25) is 0 Å². The Labute approximate surface area is 197 Å². The van der Waals surface area contributed by atoms with Crippen LogP contribution in [0.5, 0.6) is 0 Å². The highest BCUT2D eigenvalue weighted by atomic mass is 32.2. The lowest BCUT2D eigenvalue weighted by atomic mass is 9.79. The molecule has 11 heteroatoms. The van der Waals surface area contributed by atoms with Gasteiger partial charge in [-0.1, -0.05) is 30.8 Å². The number of carbonyl (C=O) groups is 3. The molecule has 0 saturated carbocycles. The third-order valence-corrected chi connectivity index (χ3v) is 8.06. The number of aliphatic hydroxyl groups is 1. The monoisotopic (exact) mass is 491 g/mol. The fourth-order valence-electron chi connectivity index (χ4n) is 4.22. The van der Waals surface area contributed by atoms with Gasteiger partial charge in [0.05, 0.1) is 18.1 Å². The van der Waals surface area contributed by atoms with E-state index in [1.165, 1.54) is 35.3 Å². The zero-order valence-electron chi connectivity index (χ0n) is 17.8. The first kappa shape index (κ1) is 23.4. The molecule has 4 atom stereocenters. The van der Waals surface area contributed by atoms with Crippen molar-refractivity contribution < 1.29 is 29.0 Å². The number of aliphatic hydroxyl groups excluding tert-OH is 1. The molecule has 174 valence electrons. The fourth-order valence-corrected chi connectivity index (χ4v) is 6.29. The molecule has 1 aromatic carbocycles. The maximum atomic E-state index is 13.0. The van der Waals surface area contributed by atoms with E-state index in [4.69, 9.17) is 0 Å². The zero-order chi connectivity index (χ0) is 23.9. The highest BCUT2D eigenvalue weighted by molar-refractivity contribution is 8.04. The first-order valence-corrected chi connectivity index (χ1v) is 12.0. The van der Waals surface area contributed by atoms with Gasteiger partial charge < -0.3 is 20.4 Å². The van der Waals surface area contributed by atoms with Crippen molar-refractivity contribution in [2.24, 2.45) is 11.8 Å². The molecule has 3 N–H and O–H groups in total. The Kier molecular flexibility index (Phi) is 6.55. The van der Waals surface area contributed by atoms with E-state index in [-0.39, 0.29) is 29.0 Å². The van der Waals surface area contributed by atoms with Gasteiger partial charge in [0, 0.05) is 22.7 Å². The third-order valence-electron chi connectivity index (χ3n) is 5.84. The Morgan fingerprint density at radius 2 is 2.03 bits per heavy atom. The molecule has 2 aliphatic rings. The smallest absolute Gasteiger partial charge is 0.353 e. The summed E-state index contributed by atoms with van der Waals surface area (Å²) in [6, 6.07) is 5.65. The van der Waals surface area contributed by atoms with Crippen LogP contribution in [-0.4, -0.2) is 56.6 Å². The minimum atomic E-state index is -1.21. The number of thiazole rings is 1. The fraction of sp³-hybridized carbons (Fsp3) is 0.364. The lowest BCUT2D eigenvalue weighted by Gasteiger charge is -2.46. The van der Waals surface area contributed by atoms with E-state index in [1.807, 2.05) is 6.92 Å². The summed E-state index contributed by atoms with van der Waals surface area (Å²) in [6.07, 6.45) is -0.328. The van der Waals surface area contributed by atoms with Crippen LogP contribution in [0, 0.1) is 17.7 Å². The minimum Gasteiger partial charge on any atom is -0.477 e. The molecule has 1 aromatic heterocycles. The number of nitrogens with one attached hydrogen (secondary N) is 1. The summed E-state index contributed by atoms with van der Waals surface area (Å²) in [6.45, 7) is 3.71. The number of β-lactam (4-membered cyclic amide) rings is 1. The molecular formula is C22H22FN3O5S2. The molecule has 3 heterocycles. The average Bonchev–Trinajstić information content (AvgIpc) is 3.31. The highest BCUT2D eigenvalue weighted by Gasteiger charge is 2.60. The number of hydrogen-bond donors (Lipinski definition) is 3. The molecule has 0 aliphatic carbocycles. The lowest BCUT2D eigenvalue weighted by Crippen LogP contribution is -2.63. The molecule has 0 spiro atoms. The first-order valence-electron chi connectivity index (χ1n) is 10.3. The van der Waals surface area contributed by atoms with Gasteiger partial charge in [0.25, 0.3) is 5.91 Å². The van der Waals surface area contributed by atoms with Crippen molar-refractivity contribution in [1.82, 2.24) is 15.2 Å². The number of rotatable bonds is 8. The predicted molar refractivity (Wildman–Crippen MR) is 120 cm³/mol. The van der Waals surface area contributed by atoms with Crippen LogP contribution in [0.4, 0.5) is 4.39 Å². The number of thioether (sulfide) groups is 1. The maximum Gasteiger partial charge on any atom is 0.353 e. The average molecular weight is 492 g/mol. The van der Waals surface area contributed by atoms with Crippen LogP contribution in [0.25, 0.3) is 0 Å². The van der Waals surface area contributed by atoms with Crippen molar-refractivity contribution in [3.05, 3.63) is 57.3 Å². The van der Waals surface area contributed by atoms with Crippen molar-refractivity contribution >= 4 is 40.9 Å². The number of carboxylic acid groups (broad SMARTS) is 1. The van der Waals surface area contributed by atoms with E-state index in [0.717, 1.165) is 17.3 Å². The van der Waals surface area contributed by atoms with Crippen molar-refractivity contribution in [1.29, 1.82) is 0 Å². The topological polar surface area (TPSA) is 120 Å². The molecule has 1 fully saturated rings. The zero-order valence-corrected chi connectivity index (χ0v) is 19.5. The summed E-state index contributed by atoms with van der Waals surface area (Å²) in [5.41, 5.74) is 1.02. The van der Waals surface area contributed by atoms with Gasteiger partial charge >= 0.3 is 5.97 Å². The van der Waals surface area contributed by atoms with Crippen molar-refractivity contribution in [2.75, 3.05) is 6.54 Å². The summed E-state index contributed by atoms with van der Waals surface area (Å²) in [7, 11) is 0. The molecule has 33 heavy (non-hydrogen) atoms. The minimum absolute atomic E-state index is 0.0834. The van der Waals surface area contributed by atoms with Gasteiger partial charge in [-0.2, -0.15) is 0 Å². The van der Waals surface area contributed by atoms with Crippen LogP contribution < -0.4 is 5.32 Å². The largest absolute Gasteiger partial charge is 0.477 e. The molecular weight excluding hydrogens is 469 g/mol. The third kappa shape index (κ3) is 4.40. The number of carboxylic acids is 1. The molecule has 0 radical (unpaired) electrons. The standard InChI is InChI=1S/C22H22FN3O5S2/c1-10-16-15(11(2)27)20(29)26(16)17(21(30)31)18(10)33-22-25-14(9-32-22)19(28)24-8-7-12-3-5-13(23)6-4-12/h3-6,9-11,15-16,27H,7-8H2,1-2H3,(H,24,28)(H,30,31)/t10-,11-,15-,16-/m1/s1. The van der Waals surface area contributed by atoms with Crippen LogP contribution in [-0.2, 0) is 16.0 Å². The maximum absolute atomic E-state index is 13.0. The SMILES string of the molecule is C[C@@H](O)[C@H]1C(=O)N2C(C(=O)O)=C(Sc3nc(C(=O)NCCc4ccc(F)cc4)cs3)[C@H](C)[C@H]12. The second-order valence-electron chi connectivity index (χ2n) is 8.00. The van der Waals surface area contributed by atoms with Gasteiger partial charge in [0.15, 0.2) is 4.34 Å². The van der Waals surface area contributed by atoms with Crippen molar-refractivity contribution in [2.45, 2.75) is 36.8 Å². The summed E-state index contributed by atoms with van der Waals surface area (Å²) < 4.78 is 13.5. The number of hydrogen-bond acceptors (Lipinski definition) is 7. The van der Waals surface area contributed by atoms with E-state index in [0.29, 0.717) is 22.2 Å². The van der Waals surface area contributed by atoms with Gasteiger partial charge in [-0.25, -0.2) is 14.2 Å². The Morgan fingerprint density at radius 1 is 1.33 bits per heavy atom. The Morgan fingerprint density at radius 3 is 2.67 bits per heavy atom. The van der Waals surface area contributed by atoms with Crippen molar-refractivity contribution in [3.63, 3.8) is 0 Å². The number of amides is 2. The molecule has 2 aliphatic heterocycles. The Hall–Kier alpha value is -2.76. The molecule has 2 amide bonds.